The van der Waals surface area contributed by atoms with Crippen LogP contribution in [-0.4, -0.2) is 58.2 Å². The second-order valence-corrected chi connectivity index (χ2v) is 6.36. The Morgan fingerprint density at radius 3 is 2.06 bits per heavy atom. The van der Waals surface area contributed by atoms with Crippen LogP contribution in [-0.2, 0) is 4.74 Å². The van der Waals surface area contributed by atoms with Gasteiger partial charge in [-0.05, 0) is 27.0 Å². The molecule has 0 aromatic rings. The second-order valence-electron chi connectivity index (χ2n) is 4.92. The van der Waals surface area contributed by atoms with E-state index < -0.39 is 5.60 Å². The lowest BCUT2D eigenvalue weighted by molar-refractivity contribution is 0.0189. The first-order valence-corrected chi connectivity index (χ1v) is 7.27. The molecule has 1 aliphatic heterocycles. The number of thiocarbonyl (C=S) groups is 1. The molecule has 0 aliphatic carbocycles. The number of nitrogens with zero attached hydrogens (tertiary/aromatic N) is 2. The van der Waals surface area contributed by atoms with E-state index in [1.54, 1.807) is 16.7 Å². The molecule has 0 aromatic carbocycles. The minimum Gasteiger partial charge on any atom is -0.444 e. The Balaban J connectivity index is 2.42. The van der Waals surface area contributed by atoms with Crippen molar-refractivity contribution in [3.63, 3.8) is 0 Å². The minimum atomic E-state index is -0.428. The van der Waals surface area contributed by atoms with Crippen LogP contribution in [0.4, 0.5) is 4.79 Å². The molecule has 1 heterocycles. The molecular formula is C11H20N2O2S2. The predicted octanol–water partition coefficient (Wildman–Crippen LogP) is 2.19. The van der Waals surface area contributed by atoms with Crippen molar-refractivity contribution in [2.45, 2.75) is 26.4 Å². The maximum Gasteiger partial charge on any atom is 0.410 e. The Hall–Kier alpha value is -0.490. The van der Waals surface area contributed by atoms with Crippen molar-refractivity contribution in [3.8, 4) is 0 Å². The molecule has 1 fully saturated rings. The molecule has 0 aromatic heterocycles. The summed E-state index contributed by atoms with van der Waals surface area (Å²) in [6.45, 7) is 8.57. The summed E-state index contributed by atoms with van der Waals surface area (Å²) in [6.07, 6.45) is 1.75. The van der Waals surface area contributed by atoms with Crippen molar-refractivity contribution < 1.29 is 9.53 Å². The molecule has 1 aliphatic rings. The van der Waals surface area contributed by atoms with Gasteiger partial charge in [0.1, 0.15) is 9.92 Å². The summed E-state index contributed by atoms with van der Waals surface area (Å²) in [5, 5.41) is 0. The van der Waals surface area contributed by atoms with E-state index in [1.807, 2.05) is 27.0 Å². The Kier molecular flexibility index (Phi) is 5.06. The maximum atomic E-state index is 11.8. The van der Waals surface area contributed by atoms with Gasteiger partial charge in [0.05, 0.1) is 0 Å². The van der Waals surface area contributed by atoms with Crippen LogP contribution in [0.5, 0.6) is 0 Å². The number of piperazine rings is 1. The fourth-order valence-corrected chi connectivity index (χ4v) is 2.15. The van der Waals surface area contributed by atoms with Crippen LogP contribution < -0.4 is 0 Å². The monoisotopic (exact) mass is 276 g/mol. The summed E-state index contributed by atoms with van der Waals surface area (Å²) >= 11 is 6.80. The number of thioether (sulfide) groups is 1. The van der Waals surface area contributed by atoms with E-state index in [9.17, 15) is 4.79 Å². The van der Waals surface area contributed by atoms with E-state index in [4.69, 9.17) is 17.0 Å². The average Bonchev–Trinajstić information content (AvgIpc) is 2.26. The van der Waals surface area contributed by atoms with Gasteiger partial charge in [-0.2, -0.15) is 0 Å². The van der Waals surface area contributed by atoms with E-state index in [1.165, 1.54) is 0 Å². The third-order valence-electron chi connectivity index (χ3n) is 2.36. The zero-order chi connectivity index (χ0) is 13.1. The summed E-state index contributed by atoms with van der Waals surface area (Å²) in [7, 11) is 0. The first kappa shape index (κ1) is 14.6. The topological polar surface area (TPSA) is 32.8 Å². The van der Waals surface area contributed by atoms with Crippen LogP contribution >= 0.6 is 24.0 Å². The minimum absolute atomic E-state index is 0.229. The average molecular weight is 276 g/mol. The molecule has 0 bridgehead atoms. The lowest BCUT2D eigenvalue weighted by atomic mass is 10.2. The molecule has 0 unspecified atom stereocenters. The van der Waals surface area contributed by atoms with Crippen LogP contribution in [0.3, 0.4) is 0 Å². The molecule has 0 spiro atoms. The van der Waals surface area contributed by atoms with E-state index in [0.29, 0.717) is 13.1 Å². The van der Waals surface area contributed by atoms with Crippen molar-refractivity contribution in [1.29, 1.82) is 0 Å². The number of rotatable bonds is 0. The molecule has 0 N–H and O–H groups in total. The summed E-state index contributed by atoms with van der Waals surface area (Å²) in [5.41, 5.74) is -0.428. The largest absolute Gasteiger partial charge is 0.444 e. The van der Waals surface area contributed by atoms with Crippen LogP contribution in [0.15, 0.2) is 0 Å². The third kappa shape index (κ3) is 4.71. The highest BCUT2D eigenvalue weighted by atomic mass is 32.2. The van der Waals surface area contributed by atoms with Gasteiger partial charge in [-0.1, -0.05) is 12.2 Å². The number of carbonyl (C=O) groups excluding carboxylic acids is 1. The first-order chi connectivity index (χ1) is 7.83. The van der Waals surface area contributed by atoms with Crippen molar-refractivity contribution in [2.24, 2.45) is 0 Å². The van der Waals surface area contributed by atoms with Gasteiger partial charge in [-0.3, -0.25) is 0 Å². The third-order valence-corrected chi connectivity index (χ3v) is 3.73. The summed E-state index contributed by atoms with van der Waals surface area (Å²) in [6, 6.07) is 0. The Bertz CT molecular complexity index is 294. The van der Waals surface area contributed by atoms with Gasteiger partial charge in [0.25, 0.3) is 0 Å². The summed E-state index contributed by atoms with van der Waals surface area (Å²) < 4.78 is 6.23. The van der Waals surface area contributed by atoms with E-state index in [2.05, 4.69) is 4.90 Å². The molecule has 6 heteroatoms. The lowest BCUT2D eigenvalue weighted by Gasteiger charge is -2.36. The number of amides is 1. The smallest absolute Gasteiger partial charge is 0.410 e. The van der Waals surface area contributed by atoms with E-state index >= 15 is 0 Å². The number of ether oxygens (including phenoxy) is 1. The van der Waals surface area contributed by atoms with Gasteiger partial charge in [0, 0.05) is 26.2 Å². The van der Waals surface area contributed by atoms with Crippen molar-refractivity contribution >= 4 is 34.4 Å². The van der Waals surface area contributed by atoms with Gasteiger partial charge in [-0.15, -0.1) is 11.8 Å². The number of hydrogen-bond donors (Lipinski definition) is 0. The molecule has 1 amide bonds. The van der Waals surface area contributed by atoms with Crippen LogP contribution in [0, 0.1) is 0 Å². The fourth-order valence-electron chi connectivity index (χ4n) is 1.53. The van der Waals surface area contributed by atoms with Gasteiger partial charge >= 0.3 is 6.09 Å². The van der Waals surface area contributed by atoms with Gasteiger partial charge < -0.3 is 14.5 Å². The Morgan fingerprint density at radius 2 is 1.65 bits per heavy atom. The standard InChI is InChI=1S/C11H20N2O2S2/c1-11(2,3)15-9(14)12-5-7-13(8-6-12)10(16)17-4/h5-8H2,1-4H3. The molecule has 0 radical (unpaired) electrons. The van der Waals surface area contributed by atoms with Gasteiger partial charge in [0.15, 0.2) is 0 Å². The van der Waals surface area contributed by atoms with Crippen molar-refractivity contribution in [3.05, 3.63) is 0 Å². The molecule has 4 nitrogen and oxygen atoms in total. The van der Waals surface area contributed by atoms with Gasteiger partial charge in [0.2, 0.25) is 0 Å². The lowest BCUT2D eigenvalue weighted by Crippen LogP contribution is -2.50. The molecule has 1 saturated heterocycles. The van der Waals surface area contributed by atoms with E-state index in [-0.39, 0.29) is 6.09 Å². The highest BCUT2D eigenvalue weighted by Gasteiger charge is 2.26. The molecule has 1 rings (SSSR count). The molecular weight excluding hydrogens is 256 g/mol. The normalized spacial score (nSPS) is 16.9. The number of hydrogen-bond acceptors (Lipinski definition) is 4. The highest BCUT2D eigenvalue weighted by molar-refractivity contribution is 8.22. The molecule has 98 valence electrons. The molecule has 17 heavy (non-hydrogen) atoms. The van der Waals surface area contributed by atoms with Crippen LogP contribution in [0.1, 0.15) is 20.8 Å². The maximum absolute atomic E-state index is 11.8. The highest BCUT2D eigenvalue weighted by Crippen LogP contribution is 2.13. The molecule has 0 atom stereocenters. The summed E-state index contributed by atoms with van der Waals surface area (Å²) in [5.74, 6) is 0. The van der Waals surface area contributed by atoms with Gasteiger partial charge in [-0.25, -0.2) is 4.79 Å². The van der Waals surface area contributed by atoms with E-state index in [0.717, 1.165) is 17.4 Å². The zero-order valence-corrected chi connectivity index (χ0v) is 12.5. The zero-order valence-electron chi connectivity index (χ0n) is 10.9. The van der Waals surface area contributed by atoms with Crippen LogP contribution in [0.2, 0.25) is 0 Å². The van der Waals surface area contributed by atoms with Crippen LogP contribution in [0.25, 0.3) is 0 Å². The SMILES string of the molecule is CSC(=S)N1CCN(C(=O)OC(C)(C)C)CC1. The Labute approximate surface area is 113 Å². The second kappa shape index (κ2) is 5.91. The quantitative estimate of drug-likeness (QED) is 0.633. The van der Waals surface area contributed by atoms with Crippen molar-refractivity contribution in [1.82, 2.24) is 9.80 Å². The first-order valence-electron chi connectivity index (χ1n) is 5.64. The van der Waals surface area contributed by atoms with Crippen molar-refractivity contribution in [2.75, 3.05) is 32.4 Å². The Morgan fingerprint density at radius 1 is 1.18 bits per heavy atom. The fraction of sp³-hybridized carbons (Fsp3) is 0.818. The summed E-state index contributed by atoms with van der Waals surface area (Å²) in [4.78, 5) is 15.7. The predicted molar refractivity (Wildman–Crippen MR) is 75.5 cm³/mol. The number of carbonyl (C=O) groups is 1. The molecule has 0 saturated carbocycles.